The number of rotatable bonds is 9. The van der Waals surface area contributed by atoms with Crippen molar-refractivity contribution in [3.8, 4) is 11.3 Å². The van der Waals surface area contributed by atoms with Crippen LogP contribution in [-0.4, -0.2) is 20.9 Å². The molecule has 7 heteroatoms. The number of allylic oxidation sites excluding steroid dienone is 2. The molecule has 5 rings (SSSR count). The number of fused-ring (bicyclic) bond motifs is 4. The molecule has 0 spiro atoms. The van der Waals surface area contributed by atoms with Gasteiger partial charge in [0.05, 0.1) is 11.3 Å². The number of pyridine rings is 2. The zero-order chi connectivity index (χ0) is 34.0. The second-order valence-electron chi connectivity index (χ2n) is 12.5. The van der Waals surface area contributed by atoms with Gasteiger partial charge >= 0.3 is 0 Å². The Hall–Kier alpha value is -2.86. The first-order valence-corrected chi connectivity index (χ1v) is 16.6. The van der Waals surface area contributed by atoms with Crippen LogP contribution in [0, 0.1) is 37.2 Å². The number of benzene rings is 1. The van der Waals surface area contributed by atoms with E-state index in [0.29, 0.717) is 5.71 Å². The number of carbonyl (C=O) groups is 1. The topological polar surface area (TPSA) is 76.2 Å². The van der Waals surface area contributed by atoms with Gasteiger partial charge in [0.25, 0.3) is 0 Å². The number of furan rings is 1. The van der Waals surface area contributed by atoms with Crippen molar-refractivity contribution in [2.24, 2.45) is 17.3 Å². The van der Waals surface area contributed by atoms with E-state index in [4.69, 9.17) is 12.1 Å². The molecule has 1 N–H and O–H groups in total. The van der Waals surface area contributed by atoms with E-state index in [-0.39, 0.29) is 43.5 Å². The van der Waals surface area contributed by atoms with Crippen molar-refractivity contribution in [3.63, 3.8) is 0 Å². The standard InChI is InChI=1S/C25H23N2OS.C13H24O2.Ir/c1-14-9-10-17-16-7-6-8-19(22(16)28-23(17)26-14)21-12-11-18-20(13-25(3,4)5)15(2)29-24(18)27-21;1-5-10(6-2)12(14)9-13(15)11(7-3)8-4;/h6-7,9-12H,13H2,1-5H3;9-11,14H,5-8H2,1-4H3;/q-1;;/b;12-9-;/i13D2;;. The second-order valence-corrected chi connectivity index (χ2v) is 13.7. The largest absolute Gasteiger partial charge is 0.512 e. The minimum Gasteiger partial charge on any atom is -0.512 e. The normalized spacial score (nSPS) is 13.2. The van der Waals surface area contributed by atoms with E-state index in [9.17, 15) is 9.90 Å². The molecule has 0 aliphatic heterocycles. The third-order valence-corrected chi connectivity index (χ3v) is 9.02. The molecule has 243 valence electrons. The Morgan fingerprint density at radius 3 is 2.24 bits per heavy atom. The molecular weight excluding hydrogens is 757 g/mol. The zero-order valence-electron chi connectivity index (χ0n) is 29.9. The van der Waals surface area contributed by atoms with Gasteiger partial charge in [0, 0.05) is 62.1 Å². The van der Waals surface area contributed by atoms with Crippen LogP contribution in [0.2, 0.25) is 0 Å². The number of thiophene rings is 1. The first kappa shape index (κ1) is 33.5. The Labute approximate surface area is 288 Å². The quantitative estimate of drug-likeness (QED) is 0.0912. The van der Waals surface area contributed by atoms with Crippen LogP contribution >= 0.6 is 11.3 Å². The summed E-state index contributed by atoms with van der Waals surface area (Å²) in [6.07, 6.45) is 3.44. The van der Waals surface area contributed by atoms with Crippen molar-refractivity contribution in [2.75, 3.05) is 0 Å². The van der Waals surface area contributed by atoms with Gasteiger partial charge in [-0.05, 0) is 74.7 Å². The van der Waals surface area contributed by atoms with E-state index in [1.165, 1.54) is 17.4 Å². The number of hydrogen-bond acceptors (Lipinski definition) is 6. The van der Waals surface area contributed by atoms with Crippen molar-refractivity contribution in [2.45, 2.75) is 94.4 Å². The number of aliphatic hydroxyl groups excluding tert-OH is 1. The average molecular weight is 806 g/mol. The van der Waals surface area contributed by atoms with Gasteiger partial charge in [-0.25, -0.2) is 4.98 Å². The van der Waals surface area contributed by atoms with Crippen molar-refractivity contribution in [3.05, 3.63) is 70.4 Å². The van der Waals surface area contributed by atoms with E-state index in [2.05, 4.69) is 11.1 Å². The summed E-state index contributed by atoms with van der Waals surface area (Å²) in [5.74, 6) is 0.547. The Kier molecular flexibility index (Phi) is 11.6. The summed E-state index contributed by atoms with van der Waals surface area (Å²) in [7, 11) is 0. The van der Waals surface area contributed by atoms with E-state index in [1.54, 1.807) is 0 Å². The van der Waals surface area contributed by atoms with Crippen LogP contribution in [0.4, 0.5) is 0 Å². The third kappa shape index (κ3) is 8.49. The van der Waals surface area contributed by atoms with Crippen LogP contribution in [-0.2, 0) is 31.3 Å². The van der Waals surface area contributed by atoms with Crippen LogP contribution in [0.15, 0.2) is 52.7 Å². The molecule has 0 aliphatic rings. The van der Waals surface area contributed by atoms with E-state index in [0.717, 1.165) is 79.6 Å². The molecule has 0 fully saturated rings. The maximum absolute atomic E-state index is 11.7. The van der Waals surface area contributed by atoms with Gasteiger partial charge in [-0.3, -0.25) is 9.78 Å². The van der Waals surface area contributed by atoms with Crippen molar-refractivity contribution in [1.82, 2.24) is 9.97 Å². The fraction of sp³-hybridized carbons (Fsp3) is 0.447. The minimum absolute atomic E-state index is 0. The molecule has 0 bridgehead atoms. The van der Waals surface area contributed by atoms with E-state index < -0.39 is 11.8 Å². The van der Waals surface area contributed by atoms with E-state index >= 15 is 0 Å². The number of hydrogen-bond donors (Lipinski definition) is 1. The fourth-order valence-corrected chi connectivity index (χ4v) is 6.43. The molecule has 1 aromatic carbocycles. The van der Waals surface area contributed by atoms with Gasteiger partial charge < -0.3 is 9.52 Å². The van der Waals surface area contributed by atoms with Crippen LogP contribution in [0.3, 0.4) is 0 Å². The summed E-state index contributed by atoms with van der Waals surface area (Å²) in [6.45, 7) is 17.8. The molecule has 5 aromatic rings. The van der Waals surface area contributed by atoms with Crippen molar-refractivity contribution >= 4 is 49.4 Å². The minimum atomic E-state index is -1.47. The number of aliphatic hydroxyl groups is 1. The molecule has 0 saturated heterocycles. The van der Waals surface area contributed by atoms with Gasteiger partial charge in [-0.2, -0.15) is 0 Å². The summed E-state index contributed by atoms with van der Waals surface area (Å²) < 4.78 is 23.7. The van der Waals surface area contributed by atoms with Gasteiger partial charge in [-0.15, -0.1) is 29.5 Å². The van der Waals surface area contributed by atoms with E-state index in [1.807, 2.05) is 98.7 Å². The third-order valence-electron chi connectivity index (χ3n) is 8.01. The molecule has 0 unspecified atom stereocenters. The van der Waals surface area contributed by atoms with Crippen molar-refractivity contribution < 1.29 is 37.2 Å². The molecule has 5 nitrogen and oxygen atoms in total. The van der Waals surface area contributed by atoms with Crippen LogP contribution in [0.1, 0.15) is 93.0 Å². The maximum Gasteiger partial charge on any atom is 0.216 e. The molecule has 0 saturated carbocycles. The van der Waals surface area contributed by atoms with Gasteiger partial charge in [0.15, 0.2) is 5.78 Å². The molecule has 0 aliphatic carbocycles. The van der Waals surface area contributed by atoms with Gasteiger partial charge in [0.2, 0.25) is 5.71 Å². The second kappa shape index (κ2) is 15.6. The van der Waals surface area contributed by atoms with Crippen LogP contribution in [0.25, 0.3) is 43.5 Å². The SMILES string of the molecule is CCC(CC)C(=O)/C=C(\O)C(CC)CC.[2H]C([2H])(c1c(C)sc2nc(-c3[c-]ccc4c3oc3nc(C)ccc34)ccc12)C(C)(C)C.[Ir]. The number of aromatic nitrogens is 2. The molecule has 45 heavy (non-hydrogen) atoms. The number of ketones is 1. The van der Waals surface area contributed by atoms with Crippen LogP contribution < -0.4 is 0 Å². The smallest absolute Gasteiger partial charge is 0.216 e. The Bertz CT molecular complexity index is 1880. The summed E-state index contributed by atoms with van der Waals surface area (Å²) in [5.41, 5.74) is 4.02. The van der Waals surface area contributed by atoms with Gasteiger partial charge in [-0.1, -0.05) is 71.5 Å². The monoisotopic (exact) mass is 806 g/mol. The summed E-state index contributed by atoms with van der Waals surface area (Å²) >= 11 is 1.53. The fourth-order valence-electron chi connectivity index (χ4n) is 5.45. The first-order chi connectivity index (χ1) is 21.7. The average Bonchev–Trinajstić information content (AvgIpc) is 3.54. The molecule has 0 atom stereocenters. The summed E-state index contributed by atoms with van der Waals surface area (Å²) in [6, 6.07) is 15.1. The number of carbonyl (C=O) groups excluding carboxylic acids is 1. The maximum atomic E-state index is 11.7. The first-order valence-electron chi connectivity index (χ1n) is 16.7. The van der Waals surface area contributed by atoms with Crippen molar-refractivity contribution in [1.29, 1.82) is 0 Å². The summed E-state index contributed by atoms with van der Waals surface area (Å²) in [4.78, 5) is 22.9. The van der Waals surface area contributed by atoms with Crippen LogP contribution in [0.5, 0.6) is 0 Å². The summed E-state index contributed by atoms with van der Waals surface area (Å²) in [5, 5.41) is 12.6. The number of aryl methyl sites for hydroxylation is 2. The molecule has 4 heterocycles. The molecular formula is C38H47IrN2O3S-. The Morgan fingerprint density at radius 1 is 0.978 bits per heavy atom. The Morgan fingerprint density at radius 2 is 1.62 bits per heavy atom. The molecule has 1 radical (unpaired) electrons. The number of nitrogens with zero attached hydrogens (tertiary/aromatic N) is 2. The molecule has 4 aromatic heterocycles. The molecule has 0 amide bonds. The Balaban J connectivity index is 0.000000322. The van der Waals surface area contributed by atoms with Gasteiger partial charge in [0.1, 0.15) is 4.83 Å². The predicted octanol–water partition coefficient (Wildman–Crippen LogP) is 11.1. The predicted molar refractivity (Wildman–Crippen MR) is 185 cm³/mol. The zero-order valence-corrected chi connectivity index (χ0v) is 31.1.